The number of nitrogens with zero attached hydrogens (tertiary/aromatic N) is 2. The topological polar surface area (TPSA) is 81.8 Å². The summed E-state index contributed by atoms with van der Waals surface area (Å²) in [6.07, 6.45) is -0.0715. The lowest BCUT2D eigenvalue weighted by Gasteiger charge is -2.23. The van der Waals surface area contributed by atoms with E-state index in [0.717, 1.165) is 11.1 Å². The van der Waals surface area contributed by atoms with E-state index in [2.05, 4.69) is 13.2 Å². The Balaban J connectivity index is 2.53. The quantitative estimate of drug-likeness (QED) is 0.204. The SMILES string of the molecule is C=C(C[C@H](N=C(c1ccccc1)c1ccccc1)C(=O)OC(C)(C)C)C(=C)[N+](=O)[O-]. The predicted molar refractivity (Wildman–Crippen MR) is 118 cm³/mol. The van der Waals surface area contributed by atoms with Gasteiger partial charge in [0.1, 0.15) is 5.60 Å². The molecule has 0 heterocycles. The van der Waals surface area contributed by atoms with E-state index in [1.165, 1.54) is 0 Å². The van der Waals surface area contributed by atoms with E-state index in [4.69, 9.17) is 9.73 Å². The van der Waals surface area contributed by atoms with Crippen molar-refractivity contribution in [3.63, 3.8) is 0 Å². The highest BCUT2D eigenvalue weighted by molar-refractivity contribution is 6.13. The van der Waals surface area contributed by atoms with Gasteiger partial charge in [-0.25, -0.2) is 4.79 Å². The smallest absolute Gasteiger partial charge is 0.331 e. The Kier molecular flexibility index (Phi) is 7.42. The molecule has 30 heavy (non-hydrogen) atoms. The average Bonchev–Trinajstić information content (AvgIpc) is 2.70. The van der Waals surface area contributed by atoms with Crippen molar-refractivity contribution in [2.45, 2.75) is 38.8 Å². The maximum Gasteiger partial charge on any atom is 0.331 e. The zero-order chi connectivity index (χ0) is 22.3. The number of allylic oxidation sites excluding steroid dienone is 1. The molecule has 0 saturated carbocycles. The molecule has 0 fully saturated rings. The Hall–Kier alpha value is -3.54. The number of nitro groups is 1. The minimum Gasteiger partial charge on any atom is -0.458 e. The Morgan fingerprint density at radius 1 is 1.03 bits per heavy atom. The molecule has 0 unspecified atom stereocenters. The van der Waals surface area contributed by atoms with Crippen molar-refractivity contribution in [1.29, 1.82) is 0 Å². The number of hydrogen-bond acceptors (Lipinski definition) is 5. The molecular weight excluding hydrogens is 380 g/mol. The molecule has 156 valence electrons. The van der Waals surface area contributed by atoms with E-state index < -0.39 is 22.5 Å². The lowest BCUT2D eigenvalue weighted by Crippen LogP contribution is -2.32. The Bertz CT molecular complexity index is 916. The van der Waals surface area contributed by atoms with Gasteiger partial charge in [-0.15, -0.1) is 0 Å². The lowest BCUT2D eigenvalue weighted by molar-refractivity contribution is -0.420. The second kappa shape index (κ2) is 9.78. The Labute approximate surface area is 176 Å². The van der Waals surface area contributed by atoms with Crippen LogP contribution >= 0.6 is 0 Å². The van der Waals surface area contributed by atoms with Gasteiger partial charge >= 0.3 is 5.97 Å². The number of rotatable bonds is 8. The van der Waals surface area contributed by atoms with Crippen LogP contribution in [0.15, 0.2) is 90.1 Å². The summed E-state index contributed by atoms with van der Waals surface area (Å²) in [5.74, 6) is -0.579. The highest BCUT2D eigenvalue weighted by Gasteiger charge is 2.28. The van der Waals surface area contributed by atoms with Gasteiger partial charge in [-0.05, 0) is 27.4 Å². The van der Waals surface area contributed by atoms with Crippen molar-refractivity contribution in [2.75, 3.05) is 0 Å². The molecule has 0 spiro atoms. The number of aliphatic imine (C=N–C) groups is 1. The molecule has 6 heteroatoms. The van der Waals surface area contributed by atoms with Crippen LogP contribution in [0.1, 0.15) is 38.3 Å². The highest BCUT2D eigenvalue weighted by atomic mass is 16.6. The van der Waals surface area contributed by atoms with Crippen LogP contribution in [0.5, 0.6) is 0 Å². The second-order valence-corrected chi connectivity index (χ2v) is 7.77. The maximum absolute atomic E-state index is 12.9. The summed E-state index contributed by atoms with van der Waals surface area (Å²) in [6.45, 7) is 12.4. The largest absolute Gasteiger partial charge is 0.458 e. The number of carbonyl (C=O) groups is 1. The molecule has 2 aromatic rings. The second-order valence-electron chi connectivity index (χ2n) is 7.77. The van der Waals surface area contributed by atoms with Crippen molar-refractivity contribution in [2.24, 2.45) is 4.99 Å². The highest BCUT2D eigenvalue weighted by Crippen LogP contribution is 2.21. The van der Waals surface area contributed by atoms with Crippen molar-refractivity contribution in [3.8, 4) is 0 Å². The van der Waals surface area contributed by atoms with E-state index >= 15 is 0 Å². The standard InChI is InChI=1S/C24H26N2O4/c1-17(18(2)26(28)29)16-21(23(27)30-24(3,4)5)25-22(19-12-8-6-9-13-19)20-14-10-7-11-15-20/h6-15,21H,1-2,16H2,3-5H3/t21-/m0/s1. The first-order chi connectivity index (χ1) is 14.1. The van der Waals surface area contributed by atoms with E-state index in [-0.39, 0.29) is 17.7 Å². The van der Waals surface area contributed by atoms with Crippen LogP contribution in [0, 0.1) is 10.1 Å². The van der Waals surface area contributed by atoms with Gasteiger partial charge in [0.25, 0.3) is 5.70 Å². The maximum atomic E-state index is 12.9. The third-order valence-electron chi connectivity index (χ3n) is 4.13. The fourth-order valence-corrected chi connectivity index (χ4v) is 2.70. The van der Waals surface area contributed by atoms with Crippen LogP contribution in [0.3, 0.4) is 0 Å². The summed E-state index contributed by atoms with van der Waals surface area (Å²) < 4.78 is 5.53. The molecule has 0 aliphatic heterocycles. The van der Waals surface area contributed by atoms with Gasteiger partial charge in [0.2, 0.25) is 0 Å². The first kappa shape index (κ1) is 22.7. The number of hydrogen-bond donors (Lipinski definition) is 0. The van der Waals surface area contributed by atoms with Crippen molar-refractivity contribution in [3.05, 3.63) is 106 Å². The molecule has 0 N–H and O–H groups in total. The van der Waals surface area contributed by atoms with Crippen LogP contribution in [-0.2, 0) is 9.53 Å². The summed E-state index contributed by atoms with van der Waals surface area (Å²) in [5, 5.41) is 11.1. The molecule has 6 nitrogen and oxygen atoms in total. The molecule has 0 radical (unpaired) electrons. The minimum atomic E-state index is -1.01. The monoisotopic (exact) mass is 406 g/mol. The van der Waals surface area contributed by atoms with Gasteiger partial charge in [-0.2, -0.15) is 0 Å². The molecule has 0 amide bonds. The number of benzene rings is 2. The molecule has 0 bridgehead atoms. The molecule has 0 aromatic heterocycles. The summed E-state index contributed by atoms with van der Waals surface area (Å²) in [5.41, 5.74) is 1.27. The van der Waals surface area contributed by atoms with Gasteiger partial charge in [-0.3, -0.25) is 15.1 Å². The van der Waals surface area contributed by atoms with Crippen LogP contribution < -0.4 is 0 Å². The lowest BCUT2D eigenvalue weighted by atomic mass is 10.0. The van der Waals surface area contributed by atoms with E-state index in [1.807, 2.05) is 60.7 Å². The number of ether oxygens (including phenoxy) is 1. The fourth-order valence-electron chi connectivity index (χ4n) is 2.70. The summed E-state index contributed by atoms with van der Waals surface area (Å²) in [4.78, 5) is 28.1. The molecule has 2 rings (SSSR count). The molecule has 0 aliphatic carbocycles. The first-order valence-corrected chi connectivity index (χ1v) is 9.51. The molecule has 1 atom stereocenters. The van der Waals surface area contributed by atoms with E-state index in [9.17, 15) is 14.9 Å². The van der Waals surface area contributed by atoms with Gasteiger partial charge in [0.15, 0.2) is 6.04 Å². The zero-order valence-corrected chi connectivity index (χ0v) is 17.5. The number of carbonyl (C=O) groups excluding carboxylic acids is 1. The predicted octanol–water partition coefficient (Wildman–Crippen LogP) is 4.97. The third-order valence-corrected chi connectivity index (χ3v) is 4.13. The molecule has 0 aliphatic rings. The van der Waals surface area contributed by atoms with Crippen LogP contribution in [0.2, 0.25) is 0 Å². The summed E-state index contributed by atoms with van der Waals surface area (Å²) >= 11 is 0. The fraction of sp³-hybridized carbons (Fsp3) is 0.250. The van der Waals surface area contributed by atoms with E-state index in [1.54, 1.807) is 20.8 Å². The van der Waals surface area contributed by atoms with Gasteiger partial charge in [0, 0.05) is 23.1 Å². The first-order valence-electron chi connectivity index (χ1n) is 9.51. The van der Waals surface area contributed by atoms with Gasteiger partial charge in [0.05, 0.1) is 10.6 Å². The molecule has 0 saturated heterocycles. The Morgan fingerprint density at radius 3 is 1.90 bits per heavy atom. The van der Waals surface area contributed by atoms with Crippen molar-refractivity contribution >= 4 is 11.7 Å². The van der Waals surface area contributed by atoms with Crippen molar-refractivity contribution < 1.29 is 14.5 Å². The summed E-state index contributed by atoms with van der Waals surface area (Å²) in [7, 11) is 0. The molecule has 2 aromatic carbocycles. The average molecular weight is 406 g/mol. The Morgan fingerprint density at radius 2 is 1.50 bits per heavy atom. The zero-order valence-electron chi connectivity index (χ0n) is 17.5. The van der Waals surface area contributed by atoms with Crippen molar-refractivity contribution in [1.82, 2.24) is 0 Å². The normalized spacial score (nSPS) is 11.8. The number of esters is 1. The molecular formula is C24H26N2O4. The van der Waals surface area contributed by atoms with Crippen LogP contribution in [0.4, 0.5) is 0 Å². The minimum absolute atomic E-state index is 0.0715. The van der Waals surface area contributed by atoms with Crippen LogP contribution in [-0.4, -0.2) is 28.2 Å². The summed E-state index contributed by atoms with van der Waals surface area (Å²) in [6, 6.07) is 17.8. The third kappa shape index (κ3) is 6.51. The van der Waals surface area contributed by atoms with Gasteiger partial charge < -0.3 is 4.74 Å². The van der Waals surface area contributed by atoms with Gasteiger partial charge in [-0.1, -0.05) is 67.2 Å². The van der Waals surface area contributed by atoms with Crippen LogP contribution in [0.25, 0.3) is 0 Å². The van der Waals surface area contributed by atoms with E-state index in [0.29, 0.717) is 5.71 Å².